The fourth-order valence-corrected chi connectivity index (χ4v) is 0.597. The highest BCUT2D eigenvalue weighted by atomic mass is 16.1. The molecule has 0 amide bonds. The van der Waals surface area contributed by atoms with E-state index in [-0.39, 0.29) is 18.0 Å². The van der Waals surface area contributed by atoms with Crippen molar-refractivity contribution in [2.75, 3.05) is 0 Å². The number of rotatable bonds is 4. The molecule has 0 aromatic rings. The fraction of sp³-hybridized carbons (Fsp3) is 0.571. The summed E-state index contributed by atoms with van der Waals surface area (Å²) in [5, 5.41) is 0. The lowest BCUT2D eigenvalue weighted by molar-refractivity contribution is -0.130. The van der Waals surface area contributed by atoms with Gasteiger partial charge in [-0.15, -0.1) is 0 Å². The number of hydrogen-bond acceptors (Lipinski definition) is 3. The SMILES string of the molecule is CC(=O)CC(C=O)C(C)=O. The quantitative estimate of drug-likeness (QED) is 0.421. The molecule has 0 N–H and O–H groups in total. The first-order valence-electron chi connectivity index (χ1n) is 3.03. The van der Waals surface area contributed by atoms with E-state index in [9.17, 15) is 14.4 Å². The highest BCUT2D eigenvalue weighted by Gasteiger charge is 2.14. The first kappa shape index (κ1) is 9.01. The van der Waals surface area contributed by atoms with Crippen molar-refractivity contribution in [2.24, 2.45) is 5.92 Å². The van der Waals surface area contributed by atoms with Gasteiger partial charge in [0, 0.05) is 6.42 Å². The first-order valence-corrected chi connectivity index (χ1v) is 3.03. The average molecular weight is 142 g/mol. The van der Waals surface area contributed by atoms with Crippen LogP contribution in [0.4, 0.5) is 0 Å². The summed E-state index contributed by atoms with van der Waals surface area (Å²) >= 11 is 0. The molecule has 0 spiro atoms. The van der Waals surface area contributed by atoms with E-state index in [4.69, 9.17) is 0 Å². The Morgan fingerprint density at radius 1 is 1.40 bits per heavy atom. The molecule has 0 fully saturated rings. The molecule has 0 aromatic carbocycles. The number of Topliss-reactive ketones (excluding diaryl/α,β-unsaturated/α-hetero) is 2. The van der Waals surface area contributed by atoms with E-state index in [0.717, 1.165) is 0 Å². The molecule has 1 unspecified atom stereocenters. The Hall–Kier alpha value is -0.990. The van der Waals surface area contributed by atoms with Crippen LogP contribution in [-0.2, 0) is 14.4 Å². The maximum atomic E-state index is 10.5. The molecule has 10 heavy (non-hydrogen) atoms. The summed E-state index contributed by atoms with van der Waals surface area (Å²) in [5.41, 5.74) is 0. The Morgan fingerprint density at radius 3 is 2.00 bits per heavy atom. The molecular formula is C7H10O3. The molecular weight excluding hydrogens is 132 g/mol. The van der Waals surface area contributed by atoms with Crippen molar-refractivity contribution >= 4 is 17.9 Å². The fourth-order valence-electron chi connectivity index (χ4n) is 0.597. The molecule has 0 aliphatic heterocycles. The third-order valence-corrected chi connectivity index (χ3v) is 1.19. The predicted molar refractivity (Wildman–Crippen MR) is 35.5 cm³/mol. The lowest BCUT2D eigenvalue weighted by Gasteiger charge is -2.00. The third-order valence-electron chi connectivity index (χ3n) is 1.19. The second kappa shape index (κ2) is 3.93. The Morgan fingerprint density at radius 2 is 1.90 bits per heavy atom. The molecule has 0 rings (SSSR count). The normalized spacial score (nSPS) is 12.2. The van der Waals surface area contributed by atoms with E-state index in [1.54, 1.807) is 0 Å². The van der Waals surface area contributed by atoms with Gasteiger partial charge in [0.15, 0.2) is 0 Å². The molecule has 1 atom stereocenters. The largest absolute Gasteiger partial charge is 0.303 e. The second-order valence-electron chi connectivity index (χ2n) is 2.26. The molecule has 0 saturated heterocycles. The monoisotopic (exact) mass is 142 g/mol. The van der Waals surface area contributed by atoms with Crippen molar-refractivity contribution in [3.05, 3.63) is 0 Å². The third kappa shape index (κ3) is 3.12. The predicted octanol–water partition coefficient (Wildman–Crippen LogP) is 0.370. The molecule has 3 heteroatoms. The molecule has 3 nitrogen and oxygen atoms in total. The maximum absolute atomic E-state index is 10.5. The molecule has 0 heterocycles. The summed E-state index contributed by atoms with van der Waals surface area (Å²) in [6.45, 7) is 2.67. The topological polar surface area (TPSA) is 51.2 Å². The Balaban J connectivity index is 3.96. The van der Waals surface area contributed by atoms with Crippen molar-refractivity contribution < 1.29 is 14.4 Å². The maximum Gasteiger partial charge on any atom is 0.140 e. The van der Waals surface area contributed by atoms with Crippen LogP contribution in [0.1, 0.15) is 20.3 Å². The van der Waals surface area contributed by atoms with E-state index in [1.165, 1.54) is 13.8 Å². The van der Waals surface area contributed by atoms with Crippen LogP contribution >= 0.6 is 0 Å². The van der Waals surface area contributed by atoms with Crippen LogP contribution in [0.3, 0.4) is 0 Å². The summed E-state index contributed by atoms with van der Waals surface area (Å²) in [5.74, 6) is -1.10. The number of aldehydes is 1. The van der Waals surface area contributed by atoms with Gasteiger partial charge in [-0.1, -0.05) is 0 Å². The average Bonchev–Trinajstić information content (AvgIpc) is 1.81. The summed E-state index contributed by atoms with van der Waals surface area (Å²) in [7, 11) is 0. The zero-order chi connectivity index (χ0) is 8.15. The minimum absolute atomic E-state index is 0.0405. The number of hydrogen-bond donors (Lipinski definition) is 0. The van der Waals surface area contributed by atoms with Crippen LogP contribution < -0.4 is 0 Å². The van der Waals surface area contributed by atoms with Gasteiger partial charge in [-0.25, -0.2) is 0 Å². The van der Waals surface area contributed by atoms with Crippen molar-refractivity contribution in [1.82, 2.24) is 0 Å². The lowest BCUT2D eigenvalue weighted by Crippen LogP contribution is -2.15. The lowest BCUT2D eigenvalue weighted by atomic mass is 10.0. The van der Waals surface area contributed by atoms with Crippen LogP contribution in [0.25, 0.3) is 0 Å². The highest BCUT2D eigenvalue weighted by molar-refractivity contribution is 5.95. The number of ketones is 2. The van der Waals surface area contributed by atoms with Crippen molar-refractivity contribution in [3.8, 4) is 0 Å². The zero-order valence-electron chi connectivity index (χ0n) is 6.09. The molecule has 0 saturated carbocycles. The zero-order valence-corrected chi connectivity index (χ0v) is 6.09. The first-order chi connectivity index (χ1) is 4.57. The molecule has 0 radical (unpaired) electrons. The van der Waals surface area contributed by atoms with Crippen molar-refractivity contribution in [1.29, 1.82) is 0 Å². The second-order valence-corrected chi connectivity index (χ2v) is 2.26. The summed E-state index contributed by atoms with van der Waals surface area (Å²) in [4.78, 5) is 31.0. The van der Waals surface area contributed by atoms with Crippen molar-refractivity contribution in [2.45, 2.75) is 20.3 Å². The van der Waals surface area contributed by atoms with E-state index < -0.39 is 5.92 Å². The van der Waals surface area contributed by atoms with Gasteiger partial charge in [0.2, 0.25) is 0 Å². The molecule has 0 aromatic heterocycles. The van der Waals surface area contributed by atoms with Crippen LogP contribution in [0.5, 0.6) is 0 Å². The van der Waals surface area contributed by atoms with Gasteiger partial charge in [-0.2, -0.15) is 0 Å². The molecule has 0 bridgehead atoms. The van der Waals surface area contributed by atoms with E-state index in [0.29, 0.717) is 6.29 Å². The van der Waals surface area contributed by atoms with E-state index in [1.807, 2.05) is 0 Å². The van der Waals surface area contributed by atoms with E-state index >= 15 is 0 Å². The number of carbonyl (C=O) groups is 3. The van der Waals surface area contributed by atoms with E-state index in [2.05, 4.69) is 0 Å². The van der Waals surface area contributed by atoms with Gasteiger partial charge in [0.25, 0.3) is 0 Å². The van der Waals surface area contributed by atoms with Gasteiger partial charge < -0.3 is 4.79 Å². The minimum atomic E-state index is -0.725. The van der Waals surface area contributed by atoms with Crippen LogP contribution in [-0.4, -0.2) is 17.9 Å². The van der Waals surface area contributed by atoms with Gasteiger partial charge in [0.05, 0.1) is 5.92 Å². The highest BCUT2D eigenvalue weighted by Crippen LogP contribution is 2.00. The smallest absolute Gasteiger partial charge is 0.140 e. The van der Waals surface area contributed by atoms with Gasteiger partial charge >= 0.3 is 0 Å². The Bertz CT molecular complexity index is 160. The summed E-state index contributed by atoms with van der Waals surface area (Å²) < 4.78 is 0. The Labute approximate surface area is 59.4 Å². The number of carbonyl (C=O) groups excluding carboxylic acids is 3. The molecule has 0 aliphatic rings. The molecule has 0 aliphatic carbocycles. The Kier molecular flexibility index (Phi) is 3.54. The minimum Gasteiger partial charge on any atom is -0.303 e. The van der Waals surface area contributed by atoms with Gasteiger partial charge in [0.1, 0.15) is 17.9 Å². The molecule has 56 valence electrons. The summed E-state index contributed by atoms with van der Waals surface area (Å²) in [6.07, 6.45) is 0.558. The van der Waals surface area contributed by atoms with Crippen LogP contribution in [0, 0.1) is 5.92 Å². The van der Waals surface area contributed by atoms with Gasteiger partial charge in [-0.05, 0) is 13.8 Å². The van der Waals surface area contributed by atoms with Gasteiger partial charge in [-0.3, -0.25) is 9.59 Å². The van der Waals surface area contributed by atoms with Crippen molar-refractivity contribution in [3.63, 3.8) is 0 Å². The standard InChI is InChI=1S/C7H10O3/c1-5(9)3-7(4-8)6(2)10/h4,7H,3H2,1-2H3. The van der Waals surface area contributed by atoms with Crippen LogP contribution in [0.15, 0.2) is 0 Å². The van der Waals surface area contributed by atoms with Crippen LogP contribution in [0.2, 0.25) is 0 Å². The summed E-state index contributed by atoms with van der Waals surface area (Å²) in [6, 6.07) is 0.